The van der Waals surface area contributed by atoms with Crippen molar-refractivity contribution in [3.63, 3.8) is 0 Å². The second-order valence-corrected chi connectivity index (χ2v) is 2.95. The topological polar surface area (TPSA) is 116 Å². The average Bonchev–Trinajstić information content (AvgIpc) is 2.61. The van der Waals surface area contributed by atoms with Gasteiger partial charge in [-0.05, 0) is 0 Å². The van der Waals surface area contributed by atoms with Crippen LogP contribution in [-0.2, 0) is 9.47 Å². The second-order valence-electron chi connectivity index (χ2n) is 2.95. The van der Waals surface area contributed by atoms with Crippen LogP contribution < -0.4 is 0 Å². The fourth-order valence-corrected chi connectivity index (χ4v) is 1.07. The highest BCUT2D eigenvalue weighted by Gasteiger charge is 2.38. The van der Waals surface area contributed by atoms with Crippen LogP contribution >= 0.6 is 0 Å². The van der Waals surface area contributed by atoms with Crippen LogP contribution in [0.2, 0.25) is 0 Å². The predicted molar refractivity (Wildman–Crippen MR) is 41.3 cm³/mol. The summed E-state index contributed by atoms with van der Waals surface area (Å²) in [6.45, 7) is -0.880. The highest BCUT2D eigenvalue weighted by Crippen LogP contribution is 2.14. The van der Waals surface area contributed by atoms with Crippen molar-refractivity contribution in [2.75, 3.05) is 13.2 Å². The molecule has 4 N–H and O–H groups in total. The minimum Gasteiger partial charge on any atom is -0.430 e. The van der Waals surface area contributed by atoms with Crippen molar-refractivity contribution in [3.8, 4) is 0 Å². The summed E-state index contributed by atoms with van der Waals surface area (Å²) in [5, 5.41) is 36.1. The van der Waals surface area contributed by atoms with Crippen LogP contribution in [0.5, 0.6) is 0 Å². The normalized spacial score (nSPS) is 27.7. The molecule has 82 valence electrons. The smallest absolute Gasteiger partial charge is 0.430 e. The molecular formula is C7H12O7. The molecule has 0 bridgehead atoms. The van der Waals surface area contributed by atoms with Gasteiger partial charge < -0.3 is 29.9 Å². The van der Waals surface area contributed by atoms with Crippen molar-refractivity contribution in [2.24, 2.45) is 0 Å². The van der Waals surface area contributed by atoms with Crippen LogP contribution in [0.25, 0.3) is 0 Å². The SMILES string of the molecule is O=C1OC[C@H]([C@@H](O)[C@H](O)[C@@H](O)CO)O1. The highest BCUT2D eigenvalue weighted by atomic mass is 16.8. The van der Waals surface area contributed by atoms with Gasteiger partial charge in [0, 0.05) is 0 Å². The Kier molecular flexibility index (Phi) is 3.64. The van der Waals surface area contributed by atoms with Gasteiger partial charge in [0.1, 0.15) is 24.9 Å². The van der Waals surface area contributed by atoms with Gasteiger partial charge >= 0.3 is 6.16 Å². The summed E-state index contributed by atoms with van der Waals surface area (Å²) >= 11 is 0. The molecule has 0 amide bonds. The van der Waals surface area contributed by atoms with Gasteiger partial charge in [-0.25, -0.2) is 4.79 Å². The lowest BCUT2D eigenvalue weighted by molar-refractivity contribution is -0.108. The number of aliphatic hydroxyl groups is 4. The number of ether oxygens (including phenoxy) is 2. The van der Waals surface area contributed by atoms with Crippen LogP contribution in [0.3, 0.4) is 0 Å². The molecule has 0 radical (unpaired) electrons. The van der Waals surface area contributed by atoms with E-state index in [0.717, 1.165) is 0 Å². The maximum Gasteiger partial charge on any atom is 0.508 e. The van der Waals surface area contributed by atoms with Crippen molar-refractivity contribution >= 4 is 6.16 Å². The Morgan fingerprint density at radius 1 is 1.43 bits per heavy atom. The Labute approximate surface area is 79.5 Å². The Bertz CT molecular complexity index is 206. The zero-order chi connectivity index (χ0) is 10.7. The van der Waals surface area contributed by atoms with E-state index in [1.54, 1.807) is 0 Å². The van der Waals surface area contributed by atoms with E-state index in [-0.39, 0.29) is 6.61 Å². The van der Waals surface area contributed by atoms with Gasteiger partial charge in [-0.15, -0.1) is 0 Å². The second kappa shape index (κ2) is 4.56. The summed E-state index contributed by atoms with van der Waals surface area (Å²) in [5.41, 5.74) is 0. The molecule has 0 aliphatic carbocycles. The summed E-state index contributed by atoms with van der Waals surface area (Å²) in [5.74, 6) is 0. The Morgan fingerprint density at radius 2 is 2.07 bits per heavy atom. The van der Waals surface area contributed by atoms with Crippen molar-refractivity contribution in [1.82, 2.24) is 0 Å². The van der Waals surface area contributed by atoms with Gasteiger partial charge in [-0.1, -0.05) is 0 Å². The van der Waals surface area contributed by atoms with Crippen LogP contribution in [0.1, 0.15) is 0 Å². The summed E-state index contributed by atoms with van der Waals surface area (Å²) in [4.78, 5) is 10.5. The lowest BCUT2D eigenvalue weighted by Gasteiger charge is -2.23. The van der Waals surface area contributed by atoms with Crippen LogP contribution in [0.15, 0.2) is 0 Å². The molecule has 7 nitrogen and oxygen atoms in total. The molecule has 0 aromatic rings. The quantitative estimate of drug-likeness (QED) is 0.380. The molecule has 0 aromatic heterocycles. The van der Waals surface area contributed by atoms with E-state index in [4.69, 9.17) is 10.2 Å². The van der Waals surface area contributed by atoms with E-state index in [0.29, 0.717) is 0 Å². The third-order valence-electron chi connectivity index (χ3n) is 1.93. The Balaban J connectivity index is 2.47. The van der Waals surface area contributed by atoms with Gasteiger partial charge in [-0.3, -0.25) is 0 Å². The molecule has 1 aliphatic rings. The average molecular weight is 208 g/mol. The zero-order valence-electron chi connectivity index (χ0n) is 7.24. The van der Waals surface area contributed by atoms with E-state index in [1.807, 2.05) is 0 Å². The van der Waals surface area contributed by atoms with E-state index < -0.39 is 37.2 Å². The number of carbonyl (C=O) groups is 1. The number of hydrogen-bond acceptors (Lipinski definition) is 7. The monoisotopic (exact) mass is 208 g/mol. The molecule has 0 aromatic carbocycles. The summed E-state index contributed by atoms with van der Waals surface area (Å²) in [6.07, 6.45) is -6.49. The standard InChI is InChI=1S/C7H12O7/c8-1-3(9)5(10)6(11)4-2-13-7(12)14-4/h3-6,8-11H,1-2H2/t3-,4+,5+,6+/m0/s1. The fraction of sp³-hybridized carbons (Fsp3) is 0.857. The van der Waals surface area contributed by atoms with Gasteiger partial charge in [0.25, 0.3) is 0 Å². The Hall–Kier alpha value is -0.890. The molecule has 0 saturated carbocycles. The van der Waals surface area contributed by atoms with Crippen LogP contribution in [0.4, 0.5) is 4.79 Å². The largest absolute Gasteiger partial charge is 0.508 e. The number of rotatable bonds is 4. The molecule has 1 rings (SSSR count). The highest BCUT2D eigenvalue weighted by molar-refractivity contribution is 5.61. The van der Waals surface area contributed by atoms with Crippen LogP contribution in [0, 0.1) is 0 Å². The van der Waals surface area contributed by atoms with Crippen LogP contribution in [-0.4, -0.2) is 64.2 Å². The van der Waals surface area contributed by atoms with Crippen molar-refractivity contribution < 1.29 is 34.7 Å². The molecule has 1 fully saturated rings. The van der Waals surface area contributed by atoms with Crippen molar-refractivity contribution in [1.29, 1.82) is 0 Å². The molecular weight excluding hydrogens is 196 g/mol. The summed E-state index contributed by atoms with van der Waals surface area (Å²) < 4.78 is 8.85. The molecule has 14 heavy (non-hydrogen) atoms. The van der Waals surface area contributed by atoms with Gasteiger partial charge in [0.05, 0.1) is 6.61 Å². The number of cyclic esters (lactones) is 2. The fourth-order valence-electron chi connectivity index (χ4n) is 1.07. The Morgan fingerprint density at radius 3 is 2.50 bits per heavy atom. The summed E-state index contributed by atoms with van der Waals surface area (Å²) in [6, 6.07) is 0. The first-order valence-electron chi connectivity index (χ1n) is 4.04. The lowest BCUT2D eigenvalue weighted by Crippen LogP contribution is -2.46. The third-order valence-corrected chi connectivity index (χ3v) is 1.93. The minimum atomic E-state index is -1.58. The lowest BCUT2D eigenvalue weighted by atomic mass is 10.0. The van der Waals surface area contributed by atoms with Crippen molar-refractivity contribution in [2.45, 2.75) is 24.4 Å². The summed E-state index contributed by atoms with van der Waals surface area (Å²) in [7, 11) is 0. The third kappa shape index (κ3) is 2.32. The van der Waals surface area contributed by atoms with Gasteiger partial charge in [0.15, 0.2) is 6.10 Å². The molecule has 1 heterocycles. The molecule has 7 heteroatoms. The maximum absolute atomic E-state index is 10.5. The molecule has 0 unspecified atom stereocenters. The molecule has 1 saturated heterocycles. The first-order valence-corrected chi connectivity index (χ1v) is 4.04. The molecule has 0 spiro atoms. The maximum atomic E-state index is 10.5. The molecule has 4 atom stereocenters. The van der Waals surface area contributed by atoms with E-state index in [2.05, 4.69) is 9.47 Å². The number of aliphatic hydroxyl groups excluding tert-OH is 4. The van der Waals surface area contributed by atoms with E-state index in [9.17, 15) is 15.0 Å². The first-order chi connectivity index (χ1) is 6.56. The molecule has 1 aliphatic heterocycles. The first kappa shape index (κ1) is 11.2. The zero-order valence-corrected chi connectivity index (χ0v) is 7.24. The van der Waals surface area contributed by atoms with E-state index >= 15 is 0 Å². The van der Waals surface area contributed by atoms with Crippen molar-refractivity contribution in [3.05, 3.63) is 0 Å². The number of hydrogen-bond donors (Lipinski definition) is 4. The number of carbonyl (C=O) groups excluding carboxylic acids is 1. The van der Waals surface area contributed by atoms with Gasteiger partial charge in [0.2, 0.25) is 0 Å². The van der Waals surface area contributed by atoms with Gasteiger partial charge in [-0.2, -0.15) is 0 Å². The van der Waals surface area contributed by atoms with E-state index in [1.165, 1.54) is 0 Å². The minimum absolute atomic E-state index is 0.185. The predicted octanol–water partition coefficient (Wildman–Crippen LogP) is -2.40.